The molecule has 0 aliphatic heterocycles. The first kappa shape index (κ1) is 29.3. The molecule has 0 aliphatic carbocycles. The third kappa shape index (κ3) is 24.8. The third-order valence-corrected chi connectivity index (χ3v) is 2.57. The highest BCUT2D eigenvalue weighted by atomic mass is 17.1. The Hall–Kier alpha value is -3.43. The lowest BCUT2D eigenvalue weighted by Crippen LogP contribution is -2.04. The molecular weight excluding hydrogens is 356 g/mol. The molecule has 0 bridgehead atoms. The number of unbranched alkanes of at least 4 members (excludes halogenated alkanes) is 1. The van der Waals surface area contributed by atoms with Crippen LogP contribution in [0.4, 0.5) is 0 Å². The molecule has 0 spiro atoms. The molecule has 152 valence electrons. The molecule has 0 aromatic heterocycles. The number of primary amides is 1. The molecule has 1 amide bonds. The minimum Gasteiger partial charge on any atom is -0.366 e. The highest BCUT2D eigenvalue weighted by Gasteiger charge is 2.02. The fraction of sp³-hybridized carbons (Fsp3) is 0.227. The summed E-state index contributed by atoms with van der Waals surface area (Å²) in [7, 11) is 0. The molecule has 6 nitrogen and oxygen atoms in total. The van der Waals surface area contributed by atoms with E-state index in [9.17, 15) is 9.59 Å². The topological polar surface area (TPSA) is 113 Å². The zero-order chi connectivity index (χ0) is 22.4. The van der Waals surface area contributed by atoms with Gasteiger partial charge in [-0.2, -0.15) is 10.5 Å². The van der Waals surface area contributed by atoms with E-state index in [1.54, 1.807) is 19.9 Å². The van der Waals surface area contributed by atoms with E-state index in [-0.39, 0.29) is 0 Å². The van der Waals surface area contributed by atoms with Gasteiger partial charge in [0, 0.05) is 11.1 Å². The normalized spacial score (nSPS) is 8.61. The number of hydrogen-bond acceptors (Lipinski definition) is 5. The molecule has 6 heteroatoms. The lowest BCUT2D eigenvalue weighted by atomic mass is 10.2. The molecule has 0 fully saturated rings. The smallest absolute Gasteiger partial charge is 0.366 e. The van der Waals surface area contributed by atoms with Crippen molar-refractivity contribution in [1.29, 1.82) is 5.26 Å². The molecule has 28 heavy (non-hydrogen) atoms. The highest BCUT2D eigenvalue weighted by molar-refractivity contribution is 5.87. The maximum atomic E-state index is 10.5. The van der Waals surface area contributed by atoms with Crippen LogP contribution in [0.2, 0.25) is 0 Å². The Morgan fingerprint density at radius 2 is 1.71 bits per heavy atom. The monoisotopic (exact) mass is 386 g/mol. The SMILES string of the molecule is C=C(C)C#N.C=CC(N)=O.C=Cc1ccccc1.CCCC=C(C)C(=O)OO. The lowest BCUT2D eigenvalue weighted by Gasteiger charge is -1.93. The van der Waals surface area contributed by atoms with Crippen molar-refractivity contribution < 1.29 is 19.7 Å². The van der Waals surface area contributed by atoms with Gasteiger partial charge in [0.05, 0.1) is 6.07 Å². The van der Waals surface area contributed by atoms with Crippen LogP contribution in [0.5, 0.6) is 0 Å². The van der Waals surface area contributed by atoms with Crippen LogP contribution < -0.4 is 5.73 Å². The number of nitriles is 1. The molecule has 3 N–H and O–H groups in total. The number of benzene rings is 1. The van der Waals surface area contributed by atoms with E-state index >= 15 is 0 Å². The van der Waals surface area contributed by atoms with Gasteiger partial charge < -0.3 is 5.73 Å². The minimum atomic E-state index is -0.673. The van der Waals surface area contributed by atoms with Crippen molar-refractivity contribution in [1.82, 2.24) is 0 Å². The zero-order valence-corrected chi connectivity index (χ0v) is 16.9. The van der Waals surface area contributed by atoms with Gasteiger partial charge in [0.2, 0.25) is 5.91 Å². The van der Waals surface area contributed by atoms with Crippen LogP contribution in [0.3, 0.4) is 0 Å². The summed E-state index contributed by atoms with van der Waals surface area (Å²) < 4.78 is 0. The summed E-state index contributed by atoms with van der Waals surface area (Å²) >= 11 is 0. The Kier molecular flexibility index (Phi) is 22.6. The summed E-state index contributed by atoms with van der Waals surface area (Å²) in [4.78, 5) is 23.5. The summed E-state index contributed by atoms with van der Waals surface area (Å²) in [6.45, 7) is 15.3. The van der Waals surface area contributed by atoms with Gasteiger partial charge in [0.25, 0.3) is 0 Å². The number of carbonyl (C=O) groups excluding carboxylic acids is 2. The lowest BCUT2D eigenvalue weighted by molar-refractivity contribution is -0.229. The van der Waals surface area contributed by atoms with Crippen LogP contribution in [-0.2, 0) is 14.5 Å². The Bertz CT molecular complexity index is 672. The molecule has 0 heterocycles. The zero-order valence-electron chi connectivity index (χ0n) is 16.9. The Morgan fingerprint density at radius 3 is 1.96 bits per heavy atom. The number of rotatable bonds is 5. The van der Waals surface area contributed by atoms with Crippen LogP contribution in [0.1, 0.15) is 39.2 Å². The van der Waals surface area contributed by atoms with Gasteiger partial charge in [-0.05, 0) is 31.9 Å². The van der Waals surface area contributed by atoms with Gasteiger partial charge in [0.15, 0.2) is 0 Å². The average molecular weight is 386 g/mol. The first-order valence-electron chi connectivity index (χ1n) is 8.37. The number of amides is 1. The average Bonchev–Trinajstić information content (AvgIpc) is 2.73. The predicted octanol–water partition coefficient (Wildman–Crippen LogP) is 4.82. The van der Waals surface area contributed by atoms with Gasteiger partial charge in [-0.1, -0.05) is 75.6 Å². The van der Waals surface area contributed by atoms with Gasteiger partial charge in [-0.15, -0.1) is 0 Å². The molecule has 0 atom stereocenters. The first-order valence-corrected chi connectivity index (χ1v) is 8.37. The van der Waals surface area contributed by atoms with E-state index in [0.717, 1.165) is 18.9 Å². The second kappa shape index (κ2) is 21.6. The fourth-order valence-corrected chi connectivity index (χ4v) is 1.11. The highest BCUT2D eigenvalue weighted by Crippen LogP contribution is 1.99. The van der Waals surface area contributed by atoms with E-state index in [1.165, 1.54) is 5.56 Å². The number of nitrogens with zero attached hydrogens (tertiary/aromatic N) is 1. The van der Waals surface area contributed by atoms with Crippen molar-refractivity contribution in [3.63, 3.8) is 0 Å². The van der Waals surface area contributed by atoms with Crippen molar-refractivity contribution in [2.24, 2.45) is 5.73 Å². The number of hydrogen-bond donors (Lipinski definition) is 2. The molecule has 0 saturated carbocycles. The van der Waals surface area contributed by atoms with Crippen molar-refractivity contribution in [2.45, 2.75) is 33.6 Å². The van der Waals surface area contributed by atoms with E-state index in [0.29, 0.717) is 11.1 Å². The molecule has 0 unspecified atom stereocenters. The van der Waals surface area contributed by atoms with Crippen molar-refractivity contribution >= 4 is 18.0 Å². The van der Waals surface area contributed by atoms with E-state index in [1.807, 2.05) is 49.4 Å². The van der Waals surface area contributed by atoms with Crippen LogP contribution in [-0.4, -0.2) is 17.1 Å². The standard InChI is InChI=1S/C8H8.C7H12O3.C4H5N.C3H5NO/c1-2-8-6-4-3-5-7-8;1-3-4-5-6(2)7(8)10-9;1-4(2)3-5;1-2-3(4)5/h2-7H,1H2;5,9H,3-4H2,1-2H3;1H2,2H3;2H,1H2,(H2,4,5). The van der Waals surface area contributed by atoms with Crippen LogP contribution in [0.25, 0.3) is 6.08 Å². The predicted molar refractivity (Wildman–Crippen MR) is 114 cm³/mol. The number of carbonyl (C=O) groups is 2. The second-order valence-electron chi connectivity index (χ2n) is 5.17. The maximum Gasteiger partial charge on any atom is 0.368 e. The molecule has 1 rings (SSSR count). The summed E-state index contributed by atoms with van der Waals surface area (Å²) in [5.41, 5.74) is 6.72. The summed E-state index contributed by atoms with van der Waals surface area (Å²) in [5, 5.41) is 15.7. The molecule has 1 aromatic carbocycles. The molecule has 0 aliphatic rings. The second-order valence-corrected chi connectivity index (χ2v) is 5.17. The first-order chi connectivity index (χ1) is 13.2. The number of nitrogens with two attached hydrogens (primary N) is 1. The van der Waals surface area contributed by atoms with E-state index in [2.05, 4.69) is 30.4 Å². The van der Waals surface area contributed by atoms with Crippen LogP contribution in [0.15, 0.2) is 73.4 Å². The quantitative estimate of drug-likeness (QED) is 0.326. The molecular formula is C22H30N2O4. The minimum absolute atomic E-state index is 0.448. The Morgan fingerprint density at radius 1 is 1.25 bits per heavy atom. The fourth-order valence-electron chi connectivity index (χ4n) is 1.11. The van der Waals surface area contributed by atoms with Crippen molar-refractivity contribution in [2.75, 3.05) is 0 Å². The Labute approximate surface area is 167 Å². The Balaban J connectivity index is -0.000000312. The van der Waals surface area contributed by atoms with Crippen LogP contribution >= 0.6 is 0 Å². The maximum absolute atomic E-state index is 10.5. The van der Waals surface area contributed by atoms with Gasteiger partial charge in [-0.25, -0.2) is 4.79 Å². The van der Waals surface area contributed by atoms with Gasteiger partial charge in [-0.3, -0.25) is 9.68 Å². The van der Waals surface area contributed by atoms with E-state index in [4.69, 9.17) is 10.5 Å². The van der Waals surface area contributed by atoms with Gasteiger partial charge >= 0.3 is 5.97 Å². The van der Waals surface area contributed by atoms with Gasteiger partial charge in [0.1, 0.15) is 0 Å². The van der Waals surface area contributed by atoms with Crippen molar-refractivity contribution in [3.05, 3.63) is 78.9 Å². The largest absolute Gasteiger partial charge is 0.368 e. The summed E-state index contributed by atoms with van der Waals surface area (Å²) in [6.07, 6.45) is 6.44. The third-order valence-electron chi connectivity index (χ3n) is 2.57. The van der Waals surface area contributed by atoms with Crippen molar-refractivity contribution in [3.8, 4) is 6.07 Å². The van der Waals surface area contributed by atoms with Crippen LogP contribution in [0, 0.1) is 11.3 Å². The number of allylic oxidation sites excluding steroid dienone is 2. The molecule has 0 radical (unpaired) electrons. The summed E-state index contributed by atoms with van der Waals surface area (Å²) in [5.74, 6) is -1.15. The summed E-state index contributed by atoms with van der Waals surface area (Å²) in [6, 6.07) is 11.9. The molecule has 0 saturated heterocycles. The van der Waals surface area contributed by atoms with E-state index < -0.39 is 11.9 Å². The molecule has 1 aromatic rings.